The predicted molar refractivity (Wildman–Crippen MR) is 75.8 cm³/mol. The Balaban J connectivity index is 2.38. The van der Waals surface area contributed by atoms with E-state index in [9.17, 15) is 4.79 Å². The number of thiophene rings is 1. The molecule has 2 rings (SSSR count). The minimum absolute atomic E-state index is 0.00121. The van der Waals surface area contributed by atoms with Gasteiger partial charge in [0.2, 0.25) is 0 Å². The average Bonchev–Trinajstić information content (AvgIpc) is 2.63. The van der Waals surface area contributed by atoms with E-state index >= 15 is 0 Å². The van der Waals surface area contributed by atoms with Gasteiger partial charge in [-0.1, -0.05) is 11.8 Å². The van der Waals surface area contributed by atoms with Crippen LogP contribution in [-0.2, 0) is 6.54 Å². The molecule has 0 aliphatic rings. The van der Waals surface area contributed by atoms with E-state index in [-0.39, 0.29) is 11.0 Å². The lowest BCUT2D eigenvalue weighted by Crippen LogP contribution is -2.19. The van der Waals surface area contributed by atoms with Gasteiger partial charge in [-0.2, -0.15) is 0 Å². The Labute approximate surface area is 110 Å². The Morgan fingerprint density at radius 2 is 2.17 bits per heavy atom. The van der Waals surface area contributed by atoms with Crippen LogP contribution in [-0.4, -0.2) is 9.55 Å². The van der Waals surface area contributed by atoms with Crippen LogP contribution in [0.25, 0.3) is 10.2 Å². The van der Waals surface area contributed by atoms with Crippen LogP contribution < -0.4 is 5.56 Å². The van der Waals surface area contributed by atoms with Crippen molar-refractivity contribution in [1.29, 1.82) is 0 Å². The molecule has 0 aliphatic carbocycles. The van der Waals surface area contributed by atoms with Crippen molar-refractivity contribution in [3.05, 3.63) is 27.6 Å². The molecule has 0 saturated carbocycles. The summed E-state index contributed by atoms with van der Waals surface area (Å²) in [7, 11) is 0. The lowest BCUT2D eigenvalue weighted by molar-refractivity contribution is 0.569. The highest BCUT2D eigenvalue weighted by Gasteiger charge is 2.08. The molecular weight excluding hydrogens is 244 g/mol. The second-order valence-corrected chi connectivity index (χ2v) is 6.21. The predicted octanol–water partition coefficient (Wildman–Crippen LogP) is 2.82. The molecule has 0 spiro atoms. The summed E-state index contributed by atoms with van der Waals surface area (Å²) < 4.78 is 2.28. The van der Waals surface area contributed by atoms with Gasteiger partial charge in [-0.25, -0.2) is 4.98 Å². The molecule has 0 aliphatic heterocycles. The van der Waals surface area contributed by atoms with Crippen LogP contribution in [0.5, 0.6) is 0 Å². The maximum atomic E-state index is 12.2. The smallest absolute Gasteiger partial charge is 0.272 e. The zero-order chi connectivity index (χ0) is 13.3. The van der Waals surface area contributed by atoms with Crippen LogP contribution in [0.3, 0.4) is 0 Å². The summed E-state index contributed by atoms with van der Waals surface area (Å²) in [5.41, 5.74) is 1.83. The number of hydrogen-bond donors (Lipinski definition) is 0. The second kappa shape index (κ2) is 4.58. The molecule has 0 saturated heterocycles. The van der Waals surface area contributed by atoms with Gasteiger partial charge in [0.1, 0.15) is 4.70 Å². The highest BCUT2D eigenvalue weighted by molar-refractivity contribution is 7.17. The van der Waals surface area contributed by atoms with Crippen molar-refractivity contribution in [1.82, 2.24) is 9.55 Å². The molecule has 2 heterocycles. The van der Waals surface area contributed by atoms with Gasteiger partial charge in [-0.05, 0) is 38.6 Å². The monoisotopic (exact) mass is 260 g/mol. The van der Waals surface area contributed by atoms with Crippen molar-refractivity contribution in [2.75, 3.05) is 0 Å². The maximum absolute atomic E-state index is 12.2. The van der Waals surface area contributed by atoms with Crippen molar-refractivity contribution >= 4 is 21.6 Å². The molecule has 18 heavy (non-hydrogen) atoms. The molecule has 0 N–H and O–H groups in total. The van der Waals surface area contributed by atoms with Crippen LogP contribution in [0.2, 0.25) is 0 Å². The third-order valence-electron chi connectivity index (χ3n) is 2.44. The van der Waals surface area contributed by atoms with Crippen molar-refractivity contribution in [2.24, 2.45) is 5.41 Å². The number of hydrogen-bond acceptors (Lipinski definition) is 3. The van der Waals surface area contributed by atoms with Crippen LogP contribution in [0.1, 0.15) is 26.3 Å². The molecule has 0 atom stereocenters. The van der Waals surface area contributed by atoms with Gasteiger partial charge in [0, 0.05) is 5.41 Å². The number of rotatable bonds is 1. The fourth-order valence-electron chi connectivity index (χ4n) is 1.56. The summed E-state index contributed by atoms with van der Waals surface area (Å²) in [6.07, 6.45) is 1.59. The summed E-state index contributed by atoms with van der Waals surface area (Å²) >= 11 is 1.45. The van der Waals surface area contributed by atoms with Crippen molar-refractivity contribution in [3.63, 3.8) is 0 Å². The highest BCUT2D eigenvalue weighted by Crippen LogP contribution is 2.19. The number of aryl methyl sites for hydroxylation is 1. The summed E-state index contributed by atoms with van der Waals surface area (Å²) in [5, 5.41) is 1.96. The summed E-state index contributed by atoms with van der Waals surface area (Å²) in [5.74, 6) is 6.15. The van der Waals surface area contributed by atoms with Gasteiger partial charge in [-0.15, -0.1) is 11.3 Å². The van der Waals surface area contributed by atoms with Crippen LogP contribution in [0, 0.1) is 24.2 Å². The molecule has 3 nitrogen and oxygen atoms in total. The normalized spacial score (nSPS) is 11.3. The zero-order valence-electron chi connectivity index (χ0n) is 11.1. The molecule has 0 aromatic carbocycles. The largest absolute Gasteiger partial charge is 0.286 e. The average molecular weight is 260 g/mol. The summed E-state index contributed by atoms with van der Waals surface area (Å²) in [4.78, 5) is 16.5. The van der Waals surface area contributed by atoms with E-state index in [4.69, 9.17) is 0 Å². The molecular formula is C14H16N2OS. The zero-order valence-corrected chi connectivity index (χ0v) is 11.9. The fraction of sp³-hybridized carbons (Fsp3) is 0.429. The molecule has 2 aromatic heterocycles. The fourth-order valence-corrected chi connectivity index (χ4v) is 2.51. The Kier molecular flexibility index (Phi) is 3.27. The van der Waals surface area contributed by atoms with Gasteiger partial charge in [0.25, 0.3) is 5.56 Å². The summed E-state index contributed by atoms with van der Waals surface area (Å²) in [6, 6.07) is 0. The standard InChI is InChI=1S/C14H16N2OS/c1-10-8-18-12-11(10)15-9-16(13(12)17)7-5-6-14(2,3)4/h8-9H,7H2,1-4H3. The molecule has 4 heteroatoms. The lowest BCUT2D eigenvalue weighted by atomic mass is 9.98. The first-order chi connectivity index (χ1) is 8.38. The molecule has 0 amide bonds. The minimum atomic E-state index is -0.0410. The van der Waals surface area contributed by atoms with Crippen molar-refractivity contribution in [2.45, 2.75) is 34.2 Å². The Hall–Kier alpha value is -1.60. The first-order valence-electron chi connectivity index (χ1n) is 5.82. The molecule has 0 radical (unpaired) electrons. The van der Waals surface area contributed by atoms with E-state index in [1.165, 1.54) is 11.3 Å². The Morgan fingerprint density at radius 3 is 2.83 bits per heavy atom. The van der Waals surface area contributed by atoms with Crippen molar-refractivity contribution in [3.8, 4) is 11.8 Å². The van der Waals surface area contributed by atoms with E-state index < -0.39 is 0 Å². The topological polar surface area (TPSA) is 34.9 Å². The number of nitrogens with zero attached hydrogens (tertiary/aromatic N) is 2. The SMILES string of the molecule is Cc1csc2c(=O)n(CC#CC(C)(C)C)cnc12. The highest BCUT2D eigenvalue weighted by atomic mass is 32.1. The molecule has 0 unspecified atom stereocenters. The third kappa shape index (κ3) is 2.62. The summed E-state index contributed by atoms with van der Waals surface area (Å²) in [6.45, 7) is 8.51. The molecule has 0 fully saturated rings. The van der Waals surface area contributed by atoms with Gasteiger partial charge in [0.15, 0.2) is 0 Å². The number of fused-ring (bicyclic) bond motifs is 1. The number of aromatic nitrogens is 2. The van der Waals surface area contributed by atoms with E-state index in [1.54, 1.807) is 10.9 Å². The van der Waals surface area contributed by atoms with Gasteiger partial charge < -0.3 is 0 Å². The first-order valence-corrected chi connectivity index (χ1v) is 6.70. The maximum Gasteiger partial charge on any atom is 0.272 e. The van der Waals surface area contributed by atoms with E-state index in [0.717, 1.165) is 11.1 Å². The Bertz CT molecular complexity index is 692. The van der Waals surface area contributed by atoms with E-state index in [2.05, 4.69) is 16.8 Å². The third-order valence-corrected chi connectivity index (χ3v) is 3.51. The van der Waals surface area contributed by atoms with Gasteiger partial charge in [0.05, 0.1) is 18.4 Å². The van der Waals surface area contributed by atoms with E-state index in [1.807, 2.05) is 33.1 Å². The first kappa shape index (κ1) is 12.8. The van der Waals surface area contributed by atoms with Crippen LogP contribution in [0.4, 0.5) is 0 Å². The quantitative estimate of drug-likeness (QED) is 0.739. The van der Waals surface area contributed by atoms with Crippen LogP contribution >= 0.6 is 11.3 Å². The van der Waals surface area contributed by atoms with Crippen LogP contribution in [0.15, 0.2) is 16.5 Å². The molecule has 0 bridgehead atoms. The van der Waals surface area contributed by atoms with Gasteiger partial charge in [-0.3, -0.25) is 9.36 Å². The second-order valence-electron chi connectivity index (χ2n) is 5.33. The molecule has 2 aromatic rings. The van der Waals surface area contributed by atoms with Gasteiger partial charge >= 0.3 is 0 Å². The Morgan fingerprint density at radius 1 is 1.44 bits per heavy atom. The lowest BCUT2D eigenvalue weighted by Gasteiger charge is -2.07. The molecule has 94 valence electrons. The minimum Gasteiger partial charge on any atom is -0.286 e. The van der Waals surface area contributed by atoms with Crippen molar-refractivity contribution < 1.29 is 0 Å². The van der Waals surface area contributed by atoms with E-state index in [0.29, 0.717) is 11.2 Å².